The monoisotopic (exact) mass is 457 g/mol. The third-order valence-corrected chi connectivity index (χ3v) is 5.76. The molecule has 3 aromatic rings. The van der Waals surface area contributed by atoms with Gasteiger partial charge in [-0.15, -0.1) is 0 Å². The van der Waals surface area contributed by atoms with E-state index < -0.39 is 16.7 Å². The molecule has 2 N–H and O–H groups in total. The van der Waals surface area contributed by atoms with Gasteiger partial charge in [0.05, 0.1) is 18.9 Å². The van der Waals surface area contributed by atoms with Crippen LogP contribution in [0.2, 0.25) is 0 Å². The van der Waals surface area contributed by atoms with Crippen LogP contribution in [0.5, 0.6) is 5.75 Å². The molecule has 3 heterocycles. The first-order valence-electron chi connectivity index (χ1n) is 9.56. The third-order valence-electron chi connectivity index (χ3n) is 4.79. The molecular weight excluding hydrogens is 438 g/mol. The van der Waals surface area contributed by atoms with E-state index in [1.165, 1.54) is 10.7 Å². The molecule has 0 unspecified atom stereocenters. The number of methoxy groups -OCH3 is 1. The largest absolute Gasteiger partial charge is 0.497 e. The van der Waals surface area contributed by atoms with Crippen LogP contribution in [0.25, 0.3) is 0 Å². The van der Waals surface area contributed by atoms with Crippen LogP contribution in [0.3, 0.4) is 0 Å². The van der Waals surface area contributed by atoms with Gasteiger partial charge in [0.15, 0.2) is 5.76 Å². The van der Waals surface area contributed by atoms with Crippen molar-refractivity contribution in [2.45, 2.75) is 24.6 Å². The highest BCUT2D eigenvalue weighted by molar-refractivity contribution is 7.98. The van der Waals surface area contributed by atoms with Crippen molar-refractivity contribution in [3.05, 3.63) is 69.1 Å². The van der Waals surface area contributed by atoms with E-state index in [-0.39, 0.29) is 18.2 Å². The van der Waals surface area contributed by atoms with Crippen LogP contribution in [0.4, 0.5) is 11.7 Å². The lowest BCUT2D eigenvalue weighted by molar-refractivity contribution is -0.402. The van der Waals surface area contributed by atoms with Crippen LogP contribution in [-0.2, 0) is 29.4 Å². The first-order valence-corrected chi connectivity index (χ1v) is 10.7. The summed E-state index contributed by atoms with van der Waals surface area (Å²) in [4.78, 5) is 35.1. The number of anilines is 1. The number of hydrogen-bond acceptors (Lipinski definition) is 8. The van der Waals surface area contributed by atoms with Gasteiger partial charge in [-0.25, -0.2) is 4.68 Å². The maximum absolute atomic E-state index is 12.6. The molecule has 166 valence electrons. The minimum Gasteiger partial charge on any atom is -0.497 e. The second kappa shape index (κ2) is 9.14. The molecule has 0 spiro atoms. The molecule has 0 aliphatic carbocycles. The summed E-state index contributed by atoms with van der Waals surface area (Å²) in [6.45, 7) is 0.235. The Bertz CT molecular complexity index is 1170. The van der Waals surface area contributed by atoms with E-state index in [0.717, 1.165) is 28.6 Å². The topological polar surface area (TPSA) is 142 Å². The molecular formula is C20H19N5O6S. The molecule has 1 aromatic carbocycles. The van der Waals surface area contributed by atoms with Crippen molar-refractivity contribution in [3.8, 4) is 5.75 Å². The number of aromatic nitrogens is 2. The fraction of sp³-hybridized carbons (Fsp3) is 0.250. The number of nitrogens with one attached hydrogen (secondary N) is 2. The standard InChI is InChI=1S/C20H19N5O6S/c1-30-13-4-2-12(3-5-13)8-21-17(26)9-24-19(14-10-32-11-15(14)23-24)22-20(27)16-6-7-18(31-16)25(28)29/h2-7H,8-11H2,1H3,(H,21,26)(H,22,27). The Hall–Kier alpha value is -3.80. The molecule has 4 rings (SSSR count). The summed E-state index contributed by atoms with van der Waals surface area (Å²) in [5.41, 5.74) is 2.53. The highest BCUT2D eigenvalue weighted by Gasteiger charge is 2.26. The summed E-state index contributed by atoms with van der Waals surface area (Å²) in [5.74, 6) is 0.758. The number of furan rings is 1. The molecule has 0 radical (unpaired) electrons. The molecule has 1 aliphatic heterocycles. The van der Waals surface area contributed by atoms with E-state index in [1.807, 2.05) is 24.3 Å². The van der Waals surface area contributed by atoms with Gasteiger partial charge >= 0.3 is 5.88 Å². The average molecular weight is 457 g/mol. The van der Waals surface area contributed by atoms with E-state index >= 15 is 0 Å². The van der Waals surface area contributed by atoms with Gasteiger partial charge in [-0.2, -0.15) is 16.9 Å². The van der Waals surface area contributed by atoms with Crippen LogP contribution in [0.15, 0.2) is 40.8 Å². The Balaban J connectivity index is 1.45. The van der Waals surface area contributed by atoms with Crippen molar-refractivity contribution in [2.24, 2.45) is 0 Å². The number of rotatable bonds is 8. The van der Waals surface area contributed by atoms with Gasteiger partial charge in [0.1, 0.15) is 23.0 Å². The van der Waals surface area contributed by atoms with Gasteiger partial charge in [-0.05, 0) is 23.8 Å². The fourth-order valence-corrected chi connectivity index (χ4v) is 4.21. The fourth-order valence-electron chi connectivity index (χ4n) is 3.17. The Kier molecular flexibility index (Phi) is 6.12. The molecule has 1 aliphatic rings. The van der Waals surface area contributed by atoms with Crippen molar-refractivity contribution >= 4 is 35.3 Å². The van der Waals surface area contributed by atoms with Crippen LogP contribution >= 0.6 is 11.8 Å². The molecule has 11 nitrogen and oxygen atoms in total. The molecule has 2 aromatic heterocycles. The summed E-state index contributed by atoms with van der Waals surface area (Å²) >= 11 is 1.64. The molecule has 0 fully saturated rings. The highest BCUT2D eigenvalue weighted by Crippen LogP contribution is 2.35. The van der Waals surface area contributed by atoms with E-state index in [2.05, 4.69) is 15.7 Å². The summed E-state index contributed by atoms with van der Waals surface area (Å²) in [6.07, 6.45) is 0. The third kappa shape index (κ3) is 4.59. The number of thioether (sulfide) groups is 1. The smallest absolute Gasteiger partial charge is 0.433 e. The molecule has 0 atom stereocenters. The van der Waals surface area contributed by atoms with Crippen molar-refractivity contribution in [1.82, 2.24) is 15.1 Å². The first-order chi connectivity index (χ1) is 15.4. The van der Waals surface area contributed by atoms with E-state index in [1.54, 1.807) is 18.9 Å². The first kappa shape index (κ1) is 21.4. The van der Waals surface area contributed by atoms with Gasteiger partial charge in [0.25, 0.3) is 5.91 Å². The molecule has 0 saturated carbocycles. The van der Waals surface area contributed by atoms with E-state index in [9.17, 15) is 19.7 Å². The number of carbonyl (C=O) groups is 2. The number of carbonyl (C=O) groups excluding carboxylic acids is 2. The number of fused-ring (bicyclic) bond motifs is 1. The van der Waals surface area contributed by atoms with Crippen LogP contribution in [0, 0.1) is 10.1 Å². The number of ether oxygens (including phenoxy) is 1. The zero-order chi connectivity index (χ0) is 22.7. The lowest BCUT2D eigenvalue weighted by atomic mass is 10.2. The Labute approximate surface area is 186 Å². The maximum atomic E-state index is 12.6. The quantitative estimate of drug-likeness (QED) is 0.388. The maximum Gasteiger partial charge on any atom is 0.433 e. The number of amides is 2. The zero-order valence-electron chi connectivity index (χ0n) is 17.0. The molecule has 0 saturated heterocycles. The second-order valence-electron chi connectivity index (χ2n) is 6.90. The minimum atomic E-state index is -0.720. The average Bonchev–Trinajstić information content (AvgIpc) is 3.51. The summed E-state index contributed by atoms with van der Waals surface area (Å²) in [5, 5.41) is 20.8. The van der Waals surface area contributed by atoms with Gasteiger partial charge in [-0.3, -0.25) is 19.7 Å². The van der Waals surface area contributed by atoms with Gasteiger partial charge in [0, 0.05) is 23.6 Å². The number of nitro groups is 1. The second-order valence-corrected chi connectivity index (χ2v) is 7.88. The predicted octanol–water partition coefficient (Wildman–Crippen LogP) is 2.71. The Morgan fingerprint density at radius 1 is 1.25 bits per heavy atom. The van der Waals surface area contributed by atoms with Gasteiger partial charge < -0.3 is 19.8 Å². The molecule has 2 amide bonds. The number of benzene rings is 1. The number of hydrogen-bond donors (Lipinski definition) is 2. The summed E-state index contributed by atoms with van der Waals surface area (Å²) in [6, 6.07) is 9.66. The van der Waals surface area contributed by atoms with Crippen molar-refractivity contribution in [3.63, 3.8) is 0 Å². The summed E-state index contributed by atoms with van der Waals surface area (Å²) in [7, 11) is 1.58. The Morgan fingerprint density at radius 3 is 2.72 bits per heavy atom. The normalized spacial score (nSPS) is 12.3. The van der Waals surface area contributed by atoms with Crippen LogP contribution in [0.1, 0.15) is 27.4 Å². The Morgan fingerprint density at radius 2 is 2.03 bits per heavy atom. The lowest BCUT2D eigenvalue weighted by Crippen LogP contribution is -2.28. The van der Waals surface area contributed by atoms with Crippen molar-refractivity contribution < 1.29 is 23.7 Å². The molecule has 12 heteroatoms. The SMILES string of the molecule is COc1ccc(CNC(=O)Cn2nc3c(c2NC(=O)c2ccc([N+](=O)[O-])o2)CSC3)cc1. The summed E-state index contributed by atoms with van der Waals surface area (Å²) < 4.78 is 11.5. The van der Waals surface area contributed by atoms with Gasteiger partial charge in [-0.1, -0.05) is 12.1 Å². The van der Waals surface area contributed by atoms with Crippen LogP contribution < -0.4 is 15.4 Å². The number of nitrogens with zero attached hydrogens (tertiary/aromatic N) is 3. The zero-order valence-corrected chi connectivity index (χ0v) is 17.8. The van der Waals surface area contributed by atoms with E-state index in [0.29, 0.717) is 23.9 Å². The predicted molar refractivity (Wildman–Crippen MR) is 115 cm³/mol. The lowest BCUT2D eigenvalue weighted by Gasteiger charge is -2.11. The highest BCUT2D eigenvalue weighted by atomic mass is 32.2. The minimum absolute atomic E-state index is 0.0955. The van der Waals surface area contributed by atoms with Crippen molar-refractivity contribution in [1.29, 1.82) is 0 Å². The molecule has 0 bridgehead atoms. The van der Waals surface area contributed by atoms with Crippen molar-refractivity contribution in [2.75, 3.05) is 12.4 Å². The van der Waals surface area contributed by atoms with Gasteiger partial charge in [0.2, 0.25) is 5.91 Å². The van der Waals surface area contributed by atoms with Crippen LogP contribution in [-0.4, -0.2) is 33.6 Å². The molecule has 32 heavy (non-hydrogen) atoms. The van der Waals surface area contributed by atoms with E-state index in [4.69, 9.17) is 9.15 Å².